The summed E-state index contributed by atoms with van der Waals surface area (Å²) in [6.45, 7) is 1.93. The van der Waals surface area contributed by atoms with E-state index in [9.17, 15) is 23.2 Å². The maximum Gasteiger partial charge on any atom is 0.243 e. The Balaban J connectivity index is 2.64. The predicted octanol–water partition coefficient (Wildman–Crippen LogP) is 0.821. The minimum atomic E-state index is -3.78. The summed E-state index contributed by atoms with van der Waals surface area (Å²) in [5, 5.41) is 14.8. The second-order valence-corrected chi connectivity index (χ2v) is 7.17. The van der Waals surface area contributed by atoms with Gasteiger partial charge in [0, 0.05) is 0 Å². The highest BCUT2D eigenvalue weighted by atomic mass is 32.2. The Labute approximate surface area is 147 Å². The maximum absolute atomic E-state index is 12.2. The summed E-state index contributed by atoms with van der Waals surface area (Å²) in [7, 11) is -3.78. The summed E-state index contributed by atoms with van der Waals surface area (Å²) in [5.41, 5.74) is 5.61. The van der Waals surface area contributed by atoms with E-state index in [-0.39, 0.29) is 23.8 Å². The van der Waals surface area contributed by atoms with Gasteiger partial charge in [0.05, 0.1) is 23.0 Å². The number of hydrogen-bond acceptors (Lipinski definition) is 6. The van der Waals surface area contributed by atoms with E-state index >= 15 is 0 Å². The number of hydrazine groups is 1. The van der Waals surface area contributed by atoms with Crippen molar-refractivity contribution in [3.63, 3.8) is 0 Å². The number of benzene rings is 1. The quantitative estimate of drug-likeness (QED) is 0.196. The molecule has 1 atom stereocenters. The Morgan fingerprint density at radius 1 is 1.32 bits per heavy atom. The molecule has 1 rings (SSSR count). The van der Waals surface area contributed by atoms with Gasteiger partial charge >= 0.3 is 0 Å². The first-order chi connectivity index (χ1) is 11.8. The van der Waals surface area contributed by atoms with Crippen LogP contribution in [0.15, 0.2) is 29.2 Å². The van der Waals surface area contributed by atoms with Gasteiger partial charge in [-0.1, -0.05) is 26.2 Å². The van der Waals surface area contributed by atoms with E-state index in [1.165, 1.54) is 24.3 Å². The average Bonchev–Trinajstić information content (AvgIpc) is 2.58. The fourth-order valence-electron chi connectivity index (χ4n) is 2.18. The molecule has 140 valence electrons. The zero-order valence-electron chi connectivity index (χ0n) is 14.0. The van der Waals surface area contributed by atoms with Gasteiger partial charge < -0.3 is 0 Å². The zero-order chi connectivity index (χ0) is 18.9. The molecule has 5 N–H and O–H groups in total. The van der Waals surface area contributed by atoms with Crippen LogP contribution in [0.5, 0.6) is 0 Å². The number of anilines is 1. The molecule has 0 aliphatic heterocycles. The van der Waals surface area contributed by atoms with E-state index in [0.29, 0.717) is 17.2 Å². The van der Waals surface area contributed by atoms with Crippen molar-refractivity contribution in [1.29, 1.82) is 0 Å². The number of hydroxylamine groups is 2. The number of amides is 2. The van der Waals surface area contributed by atoms with Crippen LogP contribution in [0.2, 0.25) is 0 Å². The monoisotopic (exact) mass is 372 g/mol. The Morgan fingerprint density at radius 3 is 2.48 bits per heavy atom. The van der Waals surface area contributed by atoms with Crippen molar-refractivity contribution in [3.05, 3.63) is 24.3 Å². The maximum atomic E-state index is 12.2. The second-order valence-electron chi connectivity index (χ2n) is 5.60. The molecule has 0 heterocycles. The summed E-state index contributed by atoms with van der Waals surface area (Å²) in [4.78, 5) is 22.8. The summed E-state index contributed by atoms with van der Waals surface area (Å²) >= 11 is 0. The molecule has 1 aromatic rings. The third kappa shape index (κ3) is 7.50. The molecule has 0 radical (unpaired) electrons. The standard InChI is InChI=1S/C15H24N4O5S/c1-2-3-4-5-12(10-19(22)11-20)15(21)18-17-13-6-8-14(9-7-13)25(16,23)24/h6-9,11-12,17,22H,2-5,10H2,1H3,(H,18,21)(H2,16,23,24)/t12-/m1/s1. The van der Waals surface area contributed by atoms with Gasteiger partial charge in [0.2, 0.25) is 22.3 Å². The Bertz CT molecular complexity index is 663. The van der Waals surface area contributed by atoms with E-state index in [1.807, 2.05) is 6.92 Å². The number of sulfonamides is 1. The summed E-state index contributed by atoms with van der Waals surface area (Å²) in [5.74, 6) is -0.953. The van der Waals surface area contributed by atoms with Crippen LogP contribution in [0, 0.1) is 5.92 Å². The Morgan fingerprint density at radius 2 is 1.96 bits per heavy atom. The lowest BCUT2D eigenvalue weighted by Crippen LogP contribution is -2.40. The normalized spacial score (nSPS) is 12.3. The Hall–Kier alpha value is -2.17. The van der Waals surface area contributed by atoms with E-state index in [2.05, 4.69) is 10.9 Å². The molecule has 0 saturated carbocycles. The van der Waals surface area contributed by atoms with Crippen LogP contribution in [0.4, 0.5) is 5.69 Å². The zero-order valence-corrected chi connectivity index (χ0v) is 14.8. The summed E-state index contributed by atoms with van der Waals surface area (Å²) in [6, 6.07) is 5.53. The SMILES string of the molecule is CCCCC[C@H](CN(O)C=O)C(=O)NNc1ccc(S(N)(=O)=O)cc1. The van der Waals surface area contributed by atoms with Crippen LogP contribution in [0.25, 0.3) is 0 Å². The molecule has 0 fully saturated rings. The second kappa shape index (κ2) is 9.97. The third-order valence-electron chi connectivity index (χ3n) is 3.57. The molecular weight excluding hydrogens is 348 g/mol. The first-order valence-corrected chi connectivity index (χ1v) is 9.42. The third-order valence-corrected chi connectivity index (χ3v) is 4.50. The van der Waals surface area contributed by atoms with Crippen LogP contribution in [0.1, 0.15) is 32.6 Å². The molecule has 1 aromatic carbocycles. The largest absolute Gasteiger partial charge is 0.299 e. The minimum absolute atomic E-state index is 0.0382. The van der Waals surface area contributed by atoms with Crippen LogP contribution in [0.3, 0.4) is 0 Å². The van der Waals surface area contributed by atoms with Crippen molar-refractivity contribution < 1.29 is 23.2 Å². The lowest BCUT2D eigenvalue weighted by atomic mass is 10.0. The fourth-order valence-corrected chi connectivity index (χ4v) is 2.69. The summed E-state index contributed by atoms with van der Waals surface area (Å²) < 4.78 is 22.4. The summed E-state index contributed by atoms with van der Waals surface area (Å²) in [6.07, 6.45) is 3.50. The van der Waals surface area contributed by atoms with E-state index in [1.54, 1.807) is 0 Å². The number of unbranched alkanes of at least 4 members (excludes halogenated alkanes) is 2. The van der Waals surface area contributed by atoms with E-state index in [0.717, 1.165) is 19.3 Å². The molecular formula is C15H24N4O5S. The number of rotatable bonds is 11. The number of nitrogens with one attached hydrogen (secondary N) is 2. The highest BCUT2D eigenvalue weighted by Crippen LogP contribution is 2.14. The molecule has 0 unspecified atom stereocenters. The molecule has 0 saturated heterocycles. The van der Waals surface area contributed by atoms with Gasteiger partial charge in [-0.2, -0.15) is 0 Å². The number of carbonyl (C=O) groups is 2. The molecule has 0 aliphatic carbocycles. The van der Waals surface area contributed by atoms with Gasteiger partial charge in [-0.25, -0.2) is 18.6 Å². The molecule has 0 spiro atoms. The smallest absolute Gasteiger partial charge is 0.243 e. The molecule has 25 heavy (non-hydrogen) atoms. The highest BCUT2D eigenvalue weighted by Gasteiger charge is 2.20. The van der Waals surface area contributed by atoms with Gasteiger partial charge in [0.15, 0.2) is 0 Å². The van der Waals surface area contributed by atoms with Crippen molar-refractivity contribution >= 4 is 28.0 Å². The van der Waals surface area contributed by atoms with Gasteiger partial charge in [-0.15, -0.1) is 0 Å². The Kier molecular flexibility index (Phi) is 8.32. The van der Waals surface area contributed by atoms with E-state index in [4.69, 9.17) is 5.14 Å². The number of carbonyl (C=O) groups excluding carboxylic acids is 2. The van der Waals surface area contributed by atoms with Crippen molar-refractivity contribution in [2.24, 2.45) is 11.1 Å². The number of nitrogens with two attached hydrogens (primary N) is 1. The van der Waals surface area contributed by atoms with Crippen molar-refractivity contribution in [3.8, 4) is 0 Å². The number of nitrogens with zero attached hydrogens (tertiary/aromatic N) is 1. The van der Waals surface area contributed by atoms with Crippen molar-refractivity contribution in [2.75, 3.05) is 12.0 Å². The molecule has 0 aliphatic rings. The van der Waals surface area contributed by atoms with Gasteiger partial charge in [-0.05, 0) is 30.7 Å². The van der Waals surface area contributed by atoms with Crippen LogP contribution < -0.4 is 16.0 Å². The van der Waals surface area contributed by atoms with Crippen LogP contribution in [-0.4, -0.2) is 37.6 Å². The molecule has 10 heteroatoms. The van der Waals surface area contributed by atoms with E-state index < -0.39 is 15.9 Å². The van der Waals surface area contributed by atoms with Gasteiger partial charge in [0.1, 0.15) is 0 Å². The molecule has 0 bridgehead atoms. The number of hydrogen-bond donors (Lipinski definition) is 4. The lowest BCUT2D eigenvalue weighted by Gasteiger charge is -2.20. The first-order valence-electron chi connectivity index (χ1n) is 7.87. The first kappa shape index (κ1) is 20.9. The minimum Gasteiger partial charge on any atom is -0.299 e. The lowest BCUT2D eigenvalue weighted by molar-refractivity contribution is -0.154. The van der Waals surface area contributed by atoms with Crippen molar-refractivity contribution in [2.45, 2.75) is 37.5 Å². The predicted molar refractivity (Wildman–Crippen MR) is 91.8 cm³/mol. The van der Waals surface area contributed by atoms with Gasteiger partial charge in [-0.3, -0.25) is 25.6 Å². The molecule has 9 nitrogen and oxygen atoms in total. The topological polar surface area (TPSA) is 142 Å². The number of primary sulfonamides is 1. The van der Waals surface area contributed by atoms with Crippen molar-refractivity contribution in [1.82, 2.24) is 10.5 Å². The fraction of sp³-hybridized carbons (Fsp3) is 0.467. The van der Waals surface area contributed by atoms with Gasteiger partial charge in [0.25, 0.3) is 0 Å². The van der Waals surface area contributed by atoms with Crippen LogP contribution in [-0.2, 0) is 19.6 Å². The van der Waals surface area contributed by atoms with Crippen LogP contribution >= 0.6 is 0 Å². The molecule has 0 aromatic heterocycles. The average molecular weight is 372 g/mol. The molecule has 2 amide bonds. The highest BCUT2D eigenvalue weighted by molar-refractivity contribution is 7.89.